The fraction of sp³-hybridized carbons (Fsp3) is 0.400. The average molecular weight is 307 g/mol. The zero-order valence-corrected chi connectivity index (χ0v) is 12.1. The number of hydrogen-bond donors (Lipinski definition) is 1. The maximum Gasteiger partial charge on any atom is 0.250 e. The number of nitrogens with zero attached hydrogens (tertiary/aromatic N) is 1. The van der Waals surface area contributed by atoms with Crippen LogP contribution in [0.1, 0.15) is 36.0 Å². The van der Waals surface area contributed by atoms with Crippen molar-refractivity contribution in [3.05, 3.63) is 28.8 Å². The third-order valence-electron chi connectivity index (χ3n) is 4.32. The van der Waals surface area contributed by atoms with Crippen LogP contribution < -0.4 is 10.6 Å². The van der Waals surface area contributed by atoms with Gasteiger partial charge in [-0.3, -0.25) is 19.3 Å². The lowest BCUT2D eigenvalue weighted by Crippen LogP contribution is -2.31. The normalized spacial score (nSPS) is 25.1. The summed E-state index contributed by atoms with van der Waals surface area (Å²) >= 11 is 6.00. The summed E-state index contributed by atoms with van der Waals surface area (Å²) < 4.78 is 0. The summed E-state index contributed by atoms with van der Waals surface area (Å²) in [5, 5.41) is 0.149. The lowest BCUT2D eigenvalue weighted by atomic mass is 9.81. The Hall–Kier alpha value is -1.88. The highest BCUT2D eigenvalue weighted by molar-refractivity contribution is 6.34. The number of benzene rings is 1. The Kier molecular flexibility index (Phi) is 3.45. The summed E-state index contributed by atoms with van der Waals surface area (Å²) in [6.45, 7) is 0. The van der Waals surface area contributed by atoms with Gasteiger partial charge in [0.2, 0.25) is 17.7 Å². The molecule has 110 valence electrons. The number of nitrogens with two attached hydrogens (primary N) is 1. The molecule has 0 spiro atoms. The number of fused-ring (bicyclic) bond motifs is 1. The van der Waals surface area contributed by atoms with E-state index in [0.717, 1.165) is 25.7 Å². The predicted octanol–water partition coefficient (Wildman–Crippen LogP) is 2.12. The zero-order chi connectivity index (χ0) is 15.1. The van der Waals surface area contributed by atoms with Gasteiger partial charge in [-0.2, -0.15) is 0 Å². The fourth-order valence-corrected chi connectivity index (χ4v) is 3.53. The van der Waals surface area contributed by atoms with Crippen LogP contribution in [0, 0.1) is 11.8 Å². The lowest BCUT2D eigenvalue weighted by molar-refractivity contribution is -0.122. The Morgan fingerprint density at radius 2 is 1.71 bits per heavy atom. The van der Waals surface area contributed by atoms with E-state index in [-0.39, 0.29) is 34.2 Å². The molecule has 2 N–H and O–H groups in total. The van der Waals surface area contributed by atoms with Gasteiger partial charge in [0.1, 0.15) is 0 Å². The topological polar surface area (TPSA) is 80.5 Å². The molecule has 5 nitrogen and oxygen atoms in total. The molecule has 1 heterocycles. The number of halogens is 1. The van der Waals surface area contributed by atoms with E-state index in [1.807, 2.05) is 0 Å². The maximum absolute atomic E-state index is 12.5. The van der Waals surface area contributed by atoms with Crippen molar-refractivity contribution in [1.29, 1.82) is 0 Å². The van der Waals surface area contributed by atoms with Crippen LogP contribution in [0.4, 0.5) is 5.69 Å². The standard InChI is InChI=1S/C15H15ClN2O3/c16-12-7-8(5-6-11(12)13(17)19)18-14(20)9-3-1-2-4-10(9)15(18)21/h5-7,9-10H,1-4H2,(H2,17,19). The van der Waals surface area contributed by atoms with Gasteiger partial charge in [0, 0.05) is 0 Å². The van der Waals surface area contributed by atoms with Crippen molar-refractivity contribution in [2.75, 3.05) is 4.90 Å². The molecule has 0 aromatic heterocycles. The van der Waals surface area contributed by atoms with Crippen LogP contribution in [0.5, 0.6) is 0 Å². The zero-order valence-electron chi connectivity index (χ0n) is 11.3. The van der Waals surface area contributed by atoms with Crippen LogP contribution in [-0.2, 0) is 9.59 Å². The first-order chi connectivity index (χ1) is 10.0. The molecule has 3 amide bonds. The molecule has 0 bridgehead atoms. The lowest BCUT2D eigenvalue weighted by Gasteiger charge is -2.19. The number of rotatable bonds is 2. The van der Waals surface area contributed by atoms with Crippen LogP contribution >= 0.6 is 11.6 Å². The summed E-state index contributed by atoms with van der Waals surface area (Å²) in [4.78, 5) is 37.3. The Bertz CT molecular complexity index is 620. The van der Waals surface area contributed by atoms with Crippen molar-refractivity contribution in [3.63, 3.8) is 0 Å². The van der Waals surface area contributed by atoms with Gasteiger partial charge < -0.3 is 5.73 Å². The molecule has 1 saturated heterocycles. The molecule has 3 rings (SSSR count). The first-order valence-corrected chi connectivity index (χ1v) is 7.35. The van der Waals surface area contributed by atoms with Crippen molar-refractivity contribution in [2.24, 2.45) is 17.6 Å². The predicted molar refractivity (Wildman–Crippen MR) is 77.9 cm³/mol. The van der Waals surface area contributed by atoms with Gasteiger partial charge in [0.05, 0.1) is 28.1 Å². The number of primary amides is 1. The molecular weight excluding hydrogens is 292 g/mol. The number of carbonyl (C=O) groups excluding carboxylic acids is 3. The first-order valence-electron chi connectivity index (χ1n) is 6.98. The summed E-state index contributed by atoms with van der Waals surface area (Å²) in [5.74, 6) is -1.37. The second kappa shape index (κ2) is 5.15. The molecule has 1 aromatic carbocycles. The van der Waals surface area contributed by atoms with Crippen LogP contribution in [0.15, 0.2) is 18.2 Å². The Morgan fingerprint density at radius 1 is 1.14 bits per heavy atom. The van der Waals surface area contributed by atoms with Crippen LogP contribution in [0.25, 0.3) is 0 Å². The number of amides is 3. The van der Waals surface area contributed by atoms with E-state index >= 15 is 0 Å². The second-order valence-corrected chi connectivity index (χ2v) is 5.94. The molecule has 2 aliphatic rings. The largest absolute Gasteiger partial charge is 0.366 e. The molecule has 2 fully saturated rings. The van der Waals surface area contributed by atoms with E-state index in [9.17, 15) is 14.4 Å². The van der Waals surface area contributed by atoms with E-state index < -0.39 is 5.91 Å². The molecule has 21 heavy (non-hydrogen) atoms. The Morgan fingerprint density at radius 3 is 2.19 bits per heavy atom. The minimum atomic E-state index is -0.640. The first kappa shape index (κ1) is 14.1. The molecule has 1 aliphatic carbocycles. The molecular formula is C15H15ClN2O3. The molecule has 1 saturated carbocycles. The van der Waals surface area contributed by atoms with E-state index in [1.165, 1.54) is 17.0 Å². The van der Waals surface area contributed by atoms with Gasteiger partial charge in [-0.1, -0.05) is 24.4 Å². The molecule has 1 aromatic rings. The Balaban J connectivity index is 1.97. The highest BCUT2D eigenvalue weighted by Crippen LogP contribution is 2.40. The van der Waals surface area contributed by atoms with E-state index in [2.05, 4.69) is 0 Å². The number of carbonyl (C=O) groups is 3. The van der Waals surface area contributed by atoms with E-state index in [4.69, 9.17) is 17.3 Å². The van der Waals surface area contributed by atoms with Gasteiger partial charge in [-0.25, -0.2) is 0 Å². The van der Waals surface area contributed by atoms with Crippen molar-refractivity contribution >= 4 is 35.0 Å². The minimum absolute atomic E-state index is 0.149. The molecule has 2 atom stereocenters. The average Bonchev–Trinajstić information content (AvgIpc) is 2.71. The van der Waals surface area contributed by atoms with Gasteiger partial charge in [-0.05, 0) is 31.0 Å². The second-order valence-electron chi connectivity index (χ2n) is 5.54. The third-order valence-corrected chi connectivity index (χ3v) is 4.63. The SMILES string of the molecule is NC(=O)c1ccc(N2C(=O)C3CCCCC3C2=O)cc1Cl. The van der Waals surface area contributed by atoms with Crippen molar-refractivity contribution in [1.82, 2.24) is 0 Å². The van der Waals surface area contributed by atoms with Crippen molar-refractivity contribution < 1.29 is 14.4 Å². The van der Waals surface area contributed by atoms with Gasteiger partial charge in [0.25, 0.3) is 0 Å². The highest BCUT2D eigenvalue weighted by atomic mass is 35.5. The van der Waals surface area contributed by atoms with E-state index in [1.54, 1.807) is 6.07 Å². The smallest absolute Gasteiger partial charge is 0.250 e. The number of hydrogen-bond acceptors (Lipinski definition) is 3. The van der Waals surface area contributed by atoms with Crippen LogP contribution in [-0.4, -0.2) is 17.7 Å². The van der Waals surface area contributed by atoms with Gasteiger partial charge >= 0.3 is 0 Å². The minimum Gasteiger partial charge on any atom is -0.366 e. The Labute approximate surface area is 127 Å². The number of anilines is 1. The third kappa shape index (κ3) is 2.21. The number of imide groups is 1. The van der Waals surface area contributed by atoms with Gasteiger partial charge in [-0.15, -0.1) is 0 Å². The summed E-state index contributed by atoms with van der Waals surface area (Å²) in [6.07, 6.45) is 3.49. The molecule has 2 unspecified atom stereocenters. The van der Waals surface area contributed by atoms with E-state index in [0.29, 0.717) is 5.69 Å². The summed E-state index contributed by atoms with van der Waals surface area (Å²) in [6, 6.07) is 4.44. The monoisotopic (exact) mass is 306 g/mol. The van der Waals surface area contributed by atoms with Crippen molar-refractivity contribution in [3.8, 4) is 0 Å². The highest BCUT2D eigenvalue weighted by Gasteiger charge is 2.48. The molecule has 1 aliphatic heterocycles. The quantitative estimate of drug-likeness (QED) is 0.850. The van der Waals surface area contributed by atoms with Crippen molar-refractivity contribution in [2.45, 2.75) is 25.7 Å². The summed E-state index contributed by atoms with van der Waals surface area (Å²) in [5.41, 5.74) is 5.79. The molecule has 0 radical (unpaired) electrons. The van der Waals surface area contributed by atoms with Gasteiger partial charge in [0.15, 0.2) is 0 Å². The maximum atomic E-state index is 12.5. The van der Waals surface area contributed by atoms with Crippen LogP contribution in [0.2, 0.25) is 5.02 Å². The summed E-state index contributed by atoms with van der Waals surface area (Å²) in [7, 11) is 0. The molecule has 6 heteroatoms. The van der Waals surface area contributed by atoms with Crippen LogP contribution in [0.3, 0.4) is 0 Å². The fourth-order valence-electron chi connectivity index (χ4n) is 3.26.